The predicted octanol–water partition coefficient (Wildman–Crippen LogP) is 3.07. The molecule has 0 aliphatic heterocycles. The van der Waals surface area contributed by atoms with Crippen molar-refractivity contribution in [3.63, 3.8) is 0 Å². The fourth-order valence-corrected chi connectivity index (χ4v) is 3.55. The van der Waals surface area contributed by atoms with Gasteiger partial charge in [-0.2, -0.15) is 0 Å². The van der Waals surface area contributed by atoms with Gasteiger partial charge in [0, 0.05) is 6.42 Å². The quantitative estimate of drug-likeness (QED) is 0.753. The third-order valence-electron chi connectivity index (χ3n) is 4.16. The topological polar surface area (TPSA) is 37.3 Å². The van der Waals surface area contributed by atoms with Gasteiger partial charge in [-0.1, -0.05) is 32.1 Å². The molecule has 2 rings (SSSR count). The first-order valence-electron chi connectivity index (χ1n) is 5.99. The van der Waals surface area contributed by atoms with Crippen LogP contribution < -0.4 is 0 Å². The molecule has 0 bridgehead atoms. The largest absolute Gasteiger partial charge is 0.481 e. The first-order valence-corrected chi connectivity index (χ1v) is 5.99. The van der Waals surface area contributed by atoms with E-state index in [-0.39, 0.29) is 0 Å². The molecule has 2 atom stereocenters. The first kappa shape index (κ1) is 10.0. The Balaban J connectivity index is 1.92. The zero-order valence-electron chi connectivity index (χ0n) is 8.74. The molecule has 2 nitrogen and oxygen atoms in total. The molecule has 0 radical (unpaired) electrons. The average molecular weight is 196 g/mol. The van der Waals surface area contributed by atoms with E-state index in [0.717, 1.165) is 18.3 Å². The van der Waals surface area contributed by atoms with Gasteiger partial charge in [-0.15, -0.1) is 0 Å². The van der Waals surface area contributed by atoms with Crippen LogP contribution >= 0.6 is 0 Å². The van der Waals surface area contributed by atoms with Crippen molar-refractivity contribution < 1.29 is 9.90 Å². The lowest BCUT2D eigenvalue weighted by molar-refractivity contribution is -0.138. The number of aliphatic carboxylic acids is 1. The number of carbonyl (C=O) groups is 1. The summed E-state index contributed by atoms with van der Waals surface area (Å²) in [4.78, 5) is 10.7. The van der Waals surface area contributed by atoms with Crippen molar-refractivity contribution in [3.05, 3.63) is 0 Å². The number of carboxylic acid groups (broad SMARTS) is 1. The van der Waals surface area contributed by atoms with E-state index in [1.165, 1.54) is 38.5 Å². The number of rotatable bonds is 3. The predicted molar refractivity (Wildman–Crippen MR) is 55.0 cm³/mol. The summed E-state index contributed by atoms with van der Waals surface area (Å²) in [6, 6.07) is 0. The summed E-state index contributed by atoms with van der Waals surface area (Å²) < 4.78 is 0. The molecule has 1 N–H and O–H groups in total. The smallest absolute Gasteiger partial charge is 0.303 e. The second-order valence-electron chi connectivity index (χ2n) is 5.00. The second-order valence-corrected chi connectivity index (χ2v) is 5.00. The highest BCUT2D eigenvalue weighted by molar-refractivity contribution is 5.67. The van der Waals surface area contributed by atoms with E-state index in [9.17, 15) is 4.79 Å². The molecule has 2 aliphatic carbocycles. The van der Waals surface area contributed by atoms with Gasteiger partial charge in [-0.05, 0) is 30.6 Å². The van der Waals surface area contributed by atoms with E-state index >= 15 is 0 Å². The minimum absolute atomic E-state index is 0.418. The Bertz CT molecular complexity index is 206. The molecule has 2 aliphatic rings. The molecule has 2 unspecified atom stereocenters. The van der Waals surface area contributed by atoms with Gasteiger partial charge in [0.1, 0.15) is 0 Å². The van der Waals surface area contributed by atoms with Crippen molar-refractivity contribution in [2.24, 2.45) is 17.8 Å². The Kier molecular flexibility index (Phi) is 3.09. The van der Waals surface area contributed by atoms with Crippen molar-refractivity contribution >= 4 is 5.97 Å². The Morgan fingerprint density at radius 1 is 1.07 bits per heavy atom. The minimum atomic E-state index is -0.597. The summed E-state index contributed by atoms with van der Waals surface area (Å²) in [5.41, 5.74) is 0. The number of carboxylic acids is 1. The van der Waals surface area contributed by atoms with Gasteiger partial charge in [-0.3, -0.25) is 4.79 Å². The molecule has 0 saturated heterocycles. The summed E-state index contributed by atoms with van der Waals surface area (Å²) in [6.45, 7) is 0. The fourth-order valence-electron chi connectivity index (χ4n) is 3.55. The van der Waals surface area contributed by atoms with Crippen LogP contribution in [0.2, 0.25) is 0 Å². The van der Waals surface area contributed by atoms with Crippen LogP contribution in [-0.2, 0) is 4.79 Å². The van der Waals surface area contributed by atoms with E-state index in [0.29, 0.717) is 12.3 Å². The van der Waals surface area contributed by atoms with Gasteiger partial charge in [0.05, 0.1) is 0 Å². The molecular formula is C12H20O2. The lowest BCUT2D eigenvalue weighted by atomic mass is 9.81. The lowest BCUT2D eigenvalue weighted by Crippen LogP contribution is -2.19. The van der Waals surface area contributed by atoms with Crippen LogP contribution in [0.3, 0.4) is 0 Å². The highest BCUT2D eigenvalue weighted by atomic mass is 16.4. The van der Waals surface area contributed by atoms with Gasteiger partial charge >= 0.3 is 5.97 Å². The molecule has 0 aromatic carbocycles. The normalized spacial score (nSPS) is 33.7. The molecule has 0 spiro atoms. The minimum Gasteiger partial charge on any atom is -0.481 e. The van der Waals surface area contributed by atoms with Gasteiger partial charge in [0.15, 0.2) is 0 Å². The van der Waals surface area contributed by atoms with Gasteiger partial charge in [-0.25, -0.2) is 0 Å². The Morgan fingerprint density at radius 3 is 2.43 bits per heavy atom. The molecular weight excluding hydrogens is 176 g/mol. The maximum absolute atomic E-state index is 10.7. The van der Waals surface area contributed by atoms with Crippen LogP contribution in [0.4, 0.5) is 0 Å². The lowest BCUT2D eigenvalue weighted by Gasteiger charge is -2.24. The molecule has 0 aromatic heterocycles. The molecule has 0 aromatic rings. The number of hydrogen-bond donors (Lipinski definition) is 1. The molecule has 0 heterocycles. The van der Waals surface area contributed by atoms with E-state index < -0.39 is 5.97 Å². The Labute approximate surface area is 85.7 Å². The fraction of sp³-hybridized carbons (Fsp3) is 0.917. The van der Waals surface area contributed by atoms with Crippen molar-refractivity contribution in [2.75, 3.05) is 0 Å². The molecule has 2 heteroatoms. The zero-order chi connectivity index (χ0) is 9.97. The van der Waals surface area contributed by atoms with E-state index in [1.54, 1.807) is 0 Å². The van der Waals surface area contributed by atoms with E-state index in [4.69, 9.17) is 5.11 Å². The third-order valence-corrected chi connectivity index (χ3v) is 4.16. The van der Waals surface area contributed by atoms with Crippen LogP contribution in [0.15, 0.2) is 0 Å². The second kappa shape index (κ2) is 4.33. The SMILES string of the molecule is O=C(O)CC1CCCC1C1CCCC1. The Morgan fingerprint density at radius 2 is 1.79 bits per heavy atom. The van der Waals surface area contributed by atoms with E-state index in [2.05, 4.69) is 0 Å². The van der Waals surface area contributed by atoms with E-state index in [1.807, 2.05) is 0 Å². The van der Waals surface area contributed by atoms with Crippen LogP contribution in [0.1, 0.15) is 51.4 Å². The van der Waals surface area contributed by atoms with Gasteiger partial charge < -0.3 is 5.11 Å². The summed E-state index contributed by atoms with van der Waals surface area (Å²) in [5, 5.41) is 8.83. The molecule has 14 heavy (non-hydrogen) atoms. The first-order chi connectivity index (χ1) is 6.77. The summed E-state index contributed by atoms with van der Waals surface area (Å²) in [5.74, 6) is 1.51. The highest BCUT2D eigenvalue weighted by Gasteiger charge is 2.35. The van der Waals surface area contributed by atoms with Gasteiger partial charge in [0.2, 0.25) is 0 Å². The summed E-state index contributed by atoms with van der Waals surface area (Å²) >= 11 is 0. The van der Waals surface area contributed by atoms with Crippen LogP contribution in [0.5, 0.6) is 0 Å². The van der Waals surface area contributed by atoms with Crippen molar-refractivity contribution in [1.82, 2.24) is 0 Å². The summed E-state index contributed by atoms with van der Waals surface area (Å²) in [6.07, 6.45) is 9.61. The van der Waals surface area contributed by atoms with Gasteiger partial charge in [0.25, 0.3) is 0 Å². The third kappa shape index (κ3) is 2.10. The molecule has 2 fully saturated rings. The van der Waals surface area contributed by atoms with Crippen LogP contribution in [0.25, 0.3) is 0 Å². The van der Waals surface area contributed by atoms with Crippen LogP contribution in [0, 0.1) is 17.8 Å². The van der Waals surface area contributed by atoms with Crippen LogP contribution in [-0.4, -0.2) is 11.1 Å². The number of hydrogen-bond acceptors (Lipinski definition) is 1. The molecule has 0 amide bonds. The standard InChI is InChI=1S/C12H20O2/c13-12(14)8-10-6-3-7-11(10)9-4-1-2-5-9/h9-11H,1-8H2,(H,13,14). The highest BCUT2D eigenvalue weighted by Crippen LogP contribution is 2.44. The molecule has 80 valence electrons. The van der Waals surface area contributed by atoms with Crippen molar-refractivity contribution in [3.8, 4) is 0 Å². The summed E-state index contributed by atoms with van der Waals surface area (Å²) in [7, 11) is 0. The zero-order valence-corrected chi connectivity index (χ0v) is 8.74. The van der Waals surface area contributed by atoms with Crippen molar-refractivity contribution in [1.29, 1.82) is 0 Å². The maximum atomic E-state index is 10.7. The monoisotopic (exact) mass is 196 g/mol. The van der Waals surface area contributed by atoms with Crippen molar-refractivity contribution in [2.45, 2.75) is 51.4 Å². The Hall–Kier alpha value is -0.530. The maximum Gasteiger partial charge on any atom is 0.303 e. The average Bonchev–Trinajstić information content (AvgIpc) is 2.70. The molecule has 2 saturated carbocycles.